The second-order valence-electron chi connectivity index (χ2n) is 4.45. The first-order valence-corrected chi connectivity index (χ1v) is 7.28. The average Bonchev–Trinajstić information content (AvgIpc) is 2.84. The first kappa shape index (κ1) is 14.0. The molecule has 0 radical (unpaired) electrons. The van der Waals surface area contributed by atoms with E-state index in [1.165, 1.54) is 35.6 Å². The second-order valence-corrected chi connectivity index (χ2v) is 6.45. The molecule has 19 heavy (non-hydrogen) atoms. The Morgan fingerprint density at radius 2 is 2.00 bits per heavy atom. The quantitative estimate of drug-likeness (QED) is 0.780. The van der Waals surface area contributed by atoms with Crippen molar-refractivity contribution in [2.24, 2.45) is 0 Å². The number of benzene rings is 1. The molecule has 102 valence electrons. The van der Waals surface area contributed by atoms with Crippen molar-refractivity contribution < 1.29 is 13.5 Å². The van der Waals surface area contributed by atoms with E-state index in [-0.39, 0.29) is 4.90 Å². The summed E-state index contributed by atoms with van der Waals surface area (Å²) in [6.45, 7) is 0.811. The molecule has 6 nitrogen and oxygen atoms in total. The summed E-state index contributed by atoms with van der Waals surface area (Å²) >= 11 is 0. The average molecular weight is 281 g/mol. The molecule has 7 heteroatoms. The Morgan fingerprint density at radius 3 is 2.47 bits per heavy atom. The molecule has 1 aromatic rings. The molecular formula is C12H15N3O3S. The third-order valence-electron chi connectivity index (χ3n) is 3.28. The normalized spacial score (nSPS) is 23.5. The van der Waals surface area contributed by atoms with Crippen molar-refractivity contribution in [2.75, 3.05) is 20.1 Å². The number of aliphatic hydroxyl groups is 1. The van der Waals surface area contributed by atoms with Gasteiger partial charge in [-0.1, -0.05) is 0 Å². The number of likely N-dealkylation sites (N-methyl/N-ethyl adjacent to an activating group) is 1. The van der Waals surface area contributed by atoms with Crippen molar-refractivity contribution >= 4 is 10.0 Å². The zero-order valence-corrected chi connectivity index (χ0v) is 11.3. The third kappa shape index (κ3) is 2.62. The van der Waals surface area contributed by atoms with E-state index in [4.69, 9.17) is 5.26 Å². The highest BCUT2D eigenvalue weighted by Gasteiger charge is 2.35. The van der Waals surface area contributed by atoms with Crippen LogP contribution in [0.4, 0.5) is 0 Å². The van der Waals surface area contributed by atoms with Gasteiger partial charge in [-0.25, -0.2) is 8.42 Å². The van der Waals surface area contributed by atoms with Gasteiger partial charge < -0.3 is 10.4 Å². The van der Waals surface area contributed by atoms with Crippen LogP contribution in [0.1, 0.15) is 5.56 Å². The number of hydrogen-bond donors (Lipinski definition) is 2. The maximum Gasteiger partial charge on any atom is 0.243 e. The zero-order chi connectivity index (χ0) is 14.0. The molecule has 0 bridgehead atoms. The van der Waals surface area contributed by atoms with Gasteiger partial charge >= 0.3 is 0 Å². The van der Waals surface area contributed by atoms with Crippen LogP contribution in [0.5, 0.6) is 0 Å². The highest BCUT2D eigenvalue weighted by Crippen LogP contribution is 2.19. The predicted molar refractivity (Wildman–Crippen MR) is 68.8 cm³/mol. The fourth-order valence-electron chi connectivity index (χ4n) is 2.07. The predicted octanol–water partition coefficient (Wildman–Crippen LogP) is -0.489. The van der Waals surface area contributed by atoms with Crippen molar-refractivity contribution in [2.45, 2.75) is 17.0 Å². The Hall–Kier alpha value is -1.46. The van der Waals surface area contributed by atoms with Crippen molar-refractivity contribution in [3.05, 3.63) is 29.8 Å². The number of nitriles is 1. The van der Waals surface area contributed by atoms with Crippen LogP contribution < -0.4 is 5.32 Å². The molecule has 0 spiro atoms. The number of nitrogens with zero attached hydrogens (tertiary/aromatic N) is 2. The fraction of sp³-hybridized carbons (Fsp3) is 0.417. The smallest absolute Gasteiger partial charge is 0.243 e. The van der Waals surface area contributed by atoms with Crippen LogP contribution in [-0.2, 0) is 10.0 Å². The molecule has 0 aromatic heterocycles. The monoisotopic (exact) mass is 281 g/mol. The maximum absolute atomic E-state index is 12.4. The molecule has 2 rings (SSSR count). The van der Waals surface area contributed by atoms with Gasteiger partial charge in [0.1, 0.15) is 0 Å². The summed E-state index contributed by atoms with van der Waals surface area (Å²) in [6, 6.07) is 7.20. The molecule has 2 atom stereocenters. The van der Waals surface area contributed by atoms with Crippen LogP contribution in [-0.4, -0.2) is 50.1 Å². The van der Waals surface area contributed by atoms with Gasteiger partial charge in [0.2, 0.25) is 10.0 Å². The standard InChI is InChI=1S/C12H15N3O3S/c1-15(11-7-14-8-12(11)16)19(17,18)10-4-2-9(6-13)3-5-10/h2-5,11-12,14,16H,7-8H2,1H3/t11-,12-/m0/s1. The summed E-state index contributed by atoms with van der Waals surface area (Å²) in [5, 5.41) is 21.4. The lowest BCUT2D eigenvalue weighted by Crippen LogP contribution is -2.44. The summed E-state index contributed by atoms with van der Waals surface area (Å²) in [6.07, 6.45) is -0.710. The summed E-state index contributed by atoms with van der Waals surface area (Å²) < 4.78 is 25.9. The topological polar surface area (TPSA) is 93.4 Å². The van der Waals surface area contributed by atoms with Gasteiger partial charge in [0.25, 0.3) is 0 Å². The van der Waals surface area contributed by atoms with Gasteiger partial charge in [-0.05, 0) is 24.3 Å². The lowest BCUT2D eigenvalue weighted by Gasteiger charge is -2.25. The second kappa shape index (κ2) is 5.27. The van der Waals surface area contributed by atoms with E-state index < -0.39 is 22.2 Å². The Labute approximate surface area is 112 Å². The lowest BCUT2D eigenvalue weighted by molar-refractivity contribution is 0.136. The van der Waals surface area contributed by atoms with E-state index in [9.17, 15) is 13.5 Å². The molecule has 1 fully saturated rings. The molecule has 1 aromatic carbocycles. The fourth-order valence-corrected chi connectivity index (χ4v) is 3.45. The molecule has 2 N–H and O–H groups in total. The first-order chi connectivity index (χ1) is 8.96. The largest absolute Gasteiger partial charge is 0.390 e. The SMILES string of the molecule is CN([C@H]1CNC[C@@H]1O)S(=O)(=O)c1ccc(C#N)cc1. The van der Waals surface area contributed by atoms with Crippen LogP contribution >= 0.6 is 0 Å². The van der Waals surface area contributed by atoms with Crippen LogP contribution in [0.25, 0.3) is 0 Å². The van der Waals surface area contributed by atoms with E-state index in [2.05, 4.69) is 5.32 Å². The Balaban J connectivity index is 2.28. The minimum Gasteiger partial charge on any atom is -0.390 e. The van der Waals surface area contributed by atoms with Gasteiger partial charge in [0.05, 0.1) is 28.7 Å². The molecule has 0 unspecified atom stereocenters. The summed E-state index contributed by atoms with van der Waals surface area (Å²) in [5.41, 5.74) is 0.407. The molecule has 0 amide bonds. The first-order valence-electron chi connectivity index (χ1n) is 5.84. The van der Waals surface area contributed by atoms with E-state index in [0.717, 1.165) is 0 Å². The van der Waals surface area contributed by atoms with Crippen LogP contribution in [0.15, 0.2) is 29.2 Å². The number of β-amino-alcohol motifs (C(OH)–C–C–N with tert-alkyl or cyclic N) is 1. The van der Waals surface area contributed by atoms with E-state index in [1.54, 1.807) is 0 Å². The number of aliphatic hydroxyl groups excluding tert-OH is 1. The van der Waals surface area contributed by atoms with E-state index in [0.29, 0.717) is 18.7 Å². The molecule has 1 heterocycles. The van der Waals surface area contributed by atoms with Crippen molar-refractivity contribution in [1.29, 1.82) is 5.26 Å². The number of rotatable bonds is 3. The number of hydrogen-bond acceptors (Lipinski definition) is 5. The third-order valence-corrected chi connectivity index (χ3v) is 5.18. The number of nitrogens with one attached hydrogen (secondary N) is 1. The zero-order valence-electron chi connectivity index (χ0n) is 10.4. The Morgan fingerprint density at radius 1 is 1.37 bits per heavy atom. The van der Waals surface area contributed by atoms with Crippen LogP contribution in [0, 0.1) is 11.3 Å². The van der Waals surface area contributed by atoms with Gasteiger partial charge in [0.15, 0.2) is 0 Å². The molecule has 0 saturated carbocycles. The Kier molecular flexibility index (Phi) is 3.87. The molecular weight excluding hydrogens is 266 g/mol. The highest BCUT2D eigenvalue weighted by molar-refractivity contribution is 7.89. The summed E-state index contributed by atoms with van der Waals surface area (Å²) in [7, 11) is -2.20. The van der Waals surface area contributed by atoms with E-state index >= 15 is 0 Å². The van der Waals surface area contributed by atoms with Gasteiger partial charge in [-0.2, -0.15) is 9.57 Å². The van der Waals surface area contributed by atoms with Crippen molar-refractivity contribution in [1.82, 2.24) is 9.62 Å². The minimum atomic E-state index is -3.66. The highest BCUT2D eigenvalue weighted by atomic mass is 32.2. The van der Waals surface area contributed by atoms with Crippen molar-refractivity contribution in [3.8, 4) is 6.07 Å². The molecule has 0 aliphatic carbocycles. The maximum atomic E-state index is 12.4. The molecule has 1 aliphatic heterocycles. The van der Waals surface area contributed by atoms with Gasteiger partial charge in [-0.3, -0.25) is 0 Å². The minimum absolute atomic E-state index is 0.119. The summed E-state index contributed by atoms with van der Waals surface area (Å²) in [4.78, 5) is 0.119. The van der Waals surface area contributed by atoms with Crippen LogP contribution in [0.2, 0.25) is 0 Å². The Bertz CT molecular complexity index is 592. The molecule has 1 aliphatic rings. The van der Waals surface area contributed by atoms with Gasteiger partial charge in [-0.15, -0.1) is 0 Å². The van der Waals surface area contributed by atoms with Crippen molar-refractivity contribution in [3.63, 3.8) is 0 Å². The van der Waals surface area contributed by atoms with Crippen LogP contribution in [0.3, 0.4) is 0 Å². The lowest BCUT2D eigenvalue weighted by atomic mass is 10.2. The molecule has 1 saturated heterocycles. The van der Waals surface area contributed by atoms with E-state index in [1.807, 2.05) is 6.07 Å². The van der Waals surface area contributed by atoms with Gasteiger partial charge in [0, 0.05) is 20.1 Å². The summed E-state index contributed by atoms with van der Waals surface area (Å²) in [5.74, 6) is 0. The number of sulfonamides is 1.